The highest BCUT2D eigenvalue weighted by Gasteiger charge is 2.44. The number of carboxylic acids is 1. The number of methoxy groups -OCH3 is 1. The Morgan fingerprint density at radius 2 is 2.05 bits per heavy atom. The molecule has 0 bridgehead atoms. The molecular weight excluding hydrogens is 252 g/mol. The van der Waals surface area contributed by atoms with E-state index < -0.39 is 17.9 Å². The van der Waals surface area contributed by atoms with Crippen molar-refractivity contribution in [3.05, 3.63) is 0 Å². The van der Waals surface area contributed by atoms with Gasteiger partial charge >= 0.3 is 5.97 Å². The van der Waals surface area contributed by atoms with Crippen LogP contribution in [0.15, 0.2) is 0 Å². The summed E-state index contributed by atoms with van der Waals surface area (Å²) in [7, 11) is 3.15. The fourth-order valence-electron chi connectivity index (χ4n) is 2.71. The van der Waals surface area contributed by atoms with Gasteiger partial charge in [0.25, 0.3) is 0 Å². The average Bonchev–Trinajstić information content (AvgIpc) is 2.93. The summed E-state index contributed by atoms with van der Waals surface area (Å²) in [6.45, 7) is 0.638. The van der Waals surface area contributed by atoms with Crippen LogP contribution >= 0.6 is 0 Å². The molecule has 2 saturated heterocycles. The lowest BCUT2D eigenvalue weighted by Crippen LogP contribution is -2.44. The maximum absolute atomic E-state index is 12.3. The second-order valence-corrected chi connectivity index (χ2v) is 5.11. The van der Waals surface area contributed by atoms with Crippen LogP contribution in [0, 0.1) is 5.92 Å². The Bertz CT molecular complexity index is 411. The lowest BCUT2D eigenvalue weighted by Gasteiger charge is -2.24. The first-order chi connectivity index (χ1) is 8.93. The molecule has 2 aliphatic rings. The van der Waals surface area contributed by atoms with Gasteiger partial charge in [0.2, 0.25) is 11.8 Å². The predicted octanol–water partition coefficient (Wildman–Crippen LogP) is -0.835. The van der Waals surface area contributed by atoms with Crippen molar-refractivity contribution < 1.29 is 24.2 Å². The molecule has 7 nitrogen and oxygen atoms in total. The van der Waals surface area contributed by atoms with Gasteiger partial charge in [-0.1, -0.05) is 0 Å². The van der Waals surface area contributed by atoms with E-state index in [2.05, 4.69) is 0 Å². The molecule has 0 aromatic heterocycles. The van der Waals surface area contributed by atoms with Crippen molar-refractivity contribution in [3.63, 3.8) is 0 Å². The Labute approximate surface area is 111 Å². The first-order valence-electron chi connectivity index (χ1n) is 6.24. The molecule has 0 aromatic rings. The van der Waals surface area contributed by atoms with E-state index in [1.165, 1.54) is 16.9 Å². The van der Waals surface area contributed by atoms with Gasteiger partial charge in [0.1, 0.15) is 6.04 Å². The number of carbonyl (C=O) groups excluding carboxylic acids is 2. The number of likely N-dealkylation sites (tertiary alicyclic amines) is 2. The zero-order valence-corrected chi connectivity index (χ0v) is 11.0. The second-order valence-electron chi connectivity index (χ2n) is 5.11. The van der Waals surface area contributed by atoms with E-state index in [4.69, 9.17) is 9.84 Å². The van der Waals surface area contributed by atoms with E-state index in [-0.39, 0.29) is 30.9 Å². The van der Waals surface area contributed by atoms with Crippen LogP contribution in [0.3, 0.4) is 0 Å². The molecule has 2 aliphatic heterocycles. The molecule has 7 heteroatoms. The summed E-state index contributed by atoms with van der Waals surface area (Å²) in [6, 6.07) is -0.849. The molecule has 2 heterocycles. The third-order valence-electron chi connectivity index (χ3n) is 3.85. The molecule has 3 atom stereocenters. The third-order valence-corrected chi connectivity index (χ3v) is 3.85. The maximum atomic E-state index is 12.3. The second kappa shape index (κ2) is 5.16. The van der Waals surface area contributed by atoms with E-state index >= 15 is 0 Å². The summed E-state index contributed by atoms with van der Waals surface area (Å²) in [4.78, 5) is 37.8. The summed E-state index contributed by atoms with van der Waals surface area (Å²) in [5.74, 6) is -1.79. The Morgan fingerprint density at radius 1 is 1.37 bits per heavy atom. The number of carbonyl (C=O) groups is 3. The predicted molar refractivity (Wildman–Crippen MR) is 64.3 cm³/mol. The Kier molecular flexibility index (Phi) is 3.75. The fraction of sp³-hybridized carbons (Fsp3) is 0.750. The number of hydrogen-bond donors (Lipinski definition) is 1. The number of nitrogens with zero attached hydrogens (tertiary/aromatic N) is 2. The van der Waals surface area contributed by atoms with Crippen LogP contribution in [0.4, 0.5) is 0 Å². The quantitative estimate of drug-likeness (QED) is 0.723. The van der Waals surface area contributed by atoms with Crippen molar-refractivity contribution >= 4 is 17.8 Å². The monoisotopic (exact) mass is 270 g/mol. The molecular formula is C12H18N2O5. The number of aliphatic carboxylic acids is 1. The van der Waals surface area contributed by atoms with E-state index in [0.29, 0.717) is 13.0 Å². The topological polar surface area (TPSA) is 87.1 Å². The third kappa shape index (κ3) is 2.56. The minimum Gasteiger partial charge on any atom is -0.480 e. The maximum Gasteiger partial charge on any atom is 0.326 e. The summed E-state index contributed by atoms with van der Waals surface area (Å²) >= 11 is 0. The van der Waals surface area contributed by atoms with E-state index in [0.717, 1.165) is 0 Å². The van der Waals surface area contributed by atoms with Gasteiger partial charge in [-0.3, -0.25) is 9.59 Å². The highest BCUT2D eigenvalue weighted by molar-refractivity contribution is 5.91. The molecule has 0 saturated carbocycles. The van der Waals surface area contributed by atoms with Crippen LogP contribution in [0.2, 0.25) is 0 Å². The van der Waals surface area contributed by atoms with Crippen LogP contribution in [0.5, 0.6) is 0 Å². The van der Waals surface area contributed by atoms with Crippen LogP contribution in [-0.2, 0) is 19.1 Å². The van der Waals surface area contributed by atoms with Gasteiger partial charge in [-0.25, -0.2) is 4.79 Å². The van der Waals surface area contributed by atoms with Crippen molar-refractivity contribution in [1.82, 2.24) is 9.80 Å². The molecule has 0 aromatic carbocycles. The van der Waals surface area contributed by atoms with Crippen molar-refractivity contribution in [2.45, 2.75) is 25.0 Å². The van der Waals surface area contributed by atoms with Crippen molar-refractivity contribution in [1.29, 1.82) is 0 Å². The van der Waals surface area contributed by atoms with Gasteiger partial charge in [-0.05, 0) is 0 Å². The lowest BCUT2D eigenvalue weighted by molar-refractivity contribution is -0.149. The molecule has 2 fully saturated rings. The Balaban J connectivity index is 2.09. The van der Waals surface area contributed by atoms with Crippen LogP contribution < -0.4 is 0 Å². The van der Waals surface area contributed by atoms with Crippen molar-refractivity contribution in [2.24, 2.45) is 5.92 Å². The zero-order chi connectivity index (χ0) is 14.2. The van der Waals surface area contributed by atoms with Crippen molar-refractivity contribution in [3.8, 4) is 0 Å². The van der Waals surface area contributed by atoms with Gasteiger partial charge in [0, 0.05) is 40.1 Å². The normalized spacial score (nSPS) is 31.1. The number of carboxylic acid groups (broad SMARTS) is 1. The van der Waals surface area contributed by atoms with E-state index in [1.807, 2.05) is 0 Å². The largest absolute Gasteiger partial charge is 0.480 e. The van der Waals surface area contributed by atoms with Gasteiger partial charge in [0.05, 0.1) is 12.0 Å². The van der Waals surface area contributed by atoms with Crippen LogP contribution in [0.25, 0.3) is 0 Å². The van der Waals surface area contributed by atoms with E-state index in [9.17, 15) is 14.4 Å². The highest BCUT2D eigenvalue weighted by atomic mass is 16.5. The van der Waals surface area contributed by atoms with Crippen LogP contribution in [0.1, 0.15) is 12.8 Å². The molecule has 2 rings (SSSR count). The van der Waals surface area contributed by atoms with Crippen molar-refractivity contribution in [2.75, 3.05) is 27.2 Å². The molecule has 3 unspecified atom stereocenters. The molecule has 0 spiro atoms. The highest BCUT2D eigenvalue weighted by Crippen LogP contribution is 2.26. The number of hydrogen-bond acceptors (Lipinski definition) is 4. The SMILES string of the molecule is COC1CC(C(=O)O)N(C(=O)C2CC(=O)N(C)C2)C1. The molecule has 19 heavy (non-hydrogen) atoms. The van der Waals surface area contributed by atoms with Gasteiger partial charge in [0.15, 0.2) is 0 Å². The Morgan fingerprint density at radius 3 is 2.53 bits per heavy atom. The van der Waals surface area contributed by atoms with Gasteiger partial charge in [-0.2, -0.15) is 0 Å². The molecule has 1 N–H and O–H groups in total. The van der Waals surface area contributed by atoms with E-state index in [1.54, 1.807) is 7.05 Å². The minimum absolute atomic E-state index is 0.0762. The minimum atomic E-state index is -1.02. The van der Waals surface area contributed by atoms with Gasteiger partial charge < -0.3 is 19.6 Å². The number of amides is 2. The summed E-state index contributed by atoms with van der Waals surface area (Å²) in [5.41, 5.74) is 0. The van der Waals surface area contributed by atoms with Crippen LogP contribution in [-0.4, -0.2) is 72.1 Å². The first kappa shape index (κ1) is 13.8. The molecule has 2 amide bonds. The number of rotatable bonds is 3. The Hall–Kier alpha value is -1.63. The summed E-state index contributed by atoms with van der Waals surface area (Å²) in [5, 5.41) is 9.17. The summed E-state index contributed by atoms with van der Waals surface area (Å²) < 4.78 is 5.14. The average molecular weight is 270 g/mol. The standard InChI is InChI=1S/C12H18N2O5/c1-13-5-7(3-10(13)15)11(16)14-6-8(19-2)4-9(14)12(17)18/h7-9H,3-6H2,1-2H3,(H,17,18). The zero-order valence-electron chi connectivity index (χ0n) is 11.0. The molecule has 0 aliphatic carbocycles. The fourth-order valence-corrected chi connectivity index (χ4v) is 2.71. The van der Waals surface area contributed by atoms with Gasteiger partial charge in [-0.15, -0.1) is 0 Å². The smallest absolute Gasteiger partial charge is 0.326 e. The molecule has 106 valence electrons. The summed E-state index contributed by atoms with van der Waals surface area (Å²) in [6.07, 6.45) is 0.212. The number of ether oxygens (including phenoxy) is 1. The first-order valence-corrected chi connectivity index (χ1v) is 6.24. The molecule has 0 radical (unpaired) electrons. The lowest BCUT2D eigenvalue weighted by atomic mass is 10.1.